The molecule has 124 valence electrons. The standard InChI is InChI=1S/C17H28N2O3/c1-17(2,3)13-10-14(21-9-8-18(4)5)12-15(11-13)22-16(20)19(6)7/h10-12H,8-9H2,1-7H3. The first kappa shape index (κ1) is 18.3. The molecule has 1 rings (SSSR count). The molecule has 0 spiro atoms. The van der Waals surface area contributed by atoms with Gasteiger partial charge in [-0.2, -0.15) is 0 Å². The minimum absolute atomic E-state index is 0.0554. The summed E-state index contributed by atoms with van der Waals surface area (Å²) in [5.74, 6) is 1.22. The lowest BCUT2D eigenvalue weighted by Gasteiger charge is -2.22. The van der Waals surface area contributed by atoms with Gasteiger partial charge < -0.3 is 19.3 Å². The summed E-state index contributed by atoms with van der Waals surface area (Å²) in [5, 5.41) is 0. The van der Waals surface area contributed by atoms with E-state index in [1.54, 1.807) is 20.2 Å². The minimum Gasteiger partial charge on any atom is -0.492 e. The molecule has 0 aliphatic carbocycles. The number of hydrogen-bond acceptors (Lipinski definition) is 4. The van der Waals surface area contributed by atoms with Gasteiger partial charge >= 0.3 is 6.09 Å². The molecule has 1 aromatic carbocycles. The van der Waals surface area contributed by atoms with Crippen LogP contribution in [-0.2, 0) is 5.41 Å². The summed E-state index contributed by atoms with van der Waals surface area (Å²) in [6, 6.07) is 5.65. The van der Waals surface area contributed by atoms with Gasteiger partial charge in [0.15, 0.2) is 0 Å². The van der Waals surface area contributed by atoms with Crippen LogP contribution in [0.5, 0.6) is 11.5 Å². The van der Waals surface area contributed by atoms with Crippen molar-refractivity contribution in [1.82, 2.24) is 9.80 Å². The molecule has 0 atom stereocenters. The van der Waals surface area contributed by atoms with Crippen LogP contribution in [0.4, 0.5) is 4.79 Å². The average Bonchev–Trinajstić information content (AvgIpc) is 2.36. The van der Waals surface area contributed by atoms with Crippen molar-refractivity contribution >= 4 is 6.09 Å². The summed E-state index contributed by atoms with van der Waals surface area (Å²) in [6.07, 6.45) is -0.398. The van der Waals surface area contributed by atoms with Gasteiger partial charge in [0.05, 0.1) is 0 Å². The average molecular weight is 308 g/mol. The first-order valence-electron chi connectivity index (χ1n) is 7.42. The maximum absolute atomic E-state index is 11.7. The van der Waals surface area contributed by atoms with E-state index in [-0.39, 0.29) is 5.41 Å². The summed E-state index contributed by atoms with van der Waals surface area (Å²) >= 11 is 0. The van der Waals surface area contributed by atoms with E-state index in [2.05, 4.69) is 25.7 Å². The normalized spacial score (nSPS) is 11.5. The monoisotopic (exact) mass is 308 g/mol. The van der Waals surface area contributed by atoms with Crippen molar-refractivity contribution in [3.8, 4) is 11.5 Å². The number of amides is 1. The number of carbonyl (C=O) groups excluding carboxylic acids is 1. The molecule has 1 amide bonds. The van der Waals surface area contributed by atoms with Crippen molar-refractivity contribution in [3.05, 3.63) is 23.8 Å². The van der Waals surface area contributed by atoms with Crippen LogP contribution >= 0.6 is 0 Å². The Bertz CT molecular complexity index is 505. The quantitative estimate of drug-likeness (QED) is 0.838. The van der Waals surface area contributed by atoms with Crippen LogP contribution in [0.2, 0.25) is 0 Å². The highest BCUT2D eigenvalue weighted by Crippen LogP contribution is 2.31. The van der Waals surface area contributed by atoms with Gasteiger partial charge in [0.25, 0.3) is 0 Å². The Labute approximate surface area is 133 Å². The summed E-state index contributed by atoms with van der Waals surface area (Å²) < 4.78 is 11.2. The highest BCUT2D eigenvalue weighted by Gasteiger charge is 2.18. The summed E-state index contributed by atoms with van der Waals surface area (Å²) in [7, 11) is 7.31. The summed E-state index contributed by atoms with van der Waals surface area (Å²) in [4.78, 5) is 15.2. The Morgan fingerprint density at radius 3 is 2.14 bits per heavy atom. The number of benzene rings is 1. The Morgan fingerprint density at radius 1 is 1.05 bits per heavy atom. The maximum atomic E-state index is 11.7. The number of likely N-dealkylation sites (N-methyl/N-ethyl adjacent to an activating group) is 1. The van der Waals surface area contributed by atoms with Crippen LogP contribution in [-0.4, -0.2) is 57.2 Å². The zero-order valence-electron chi connectivity index (χ0n) is 14.8. The molecular weight excluding hydrogens is 280 g/mol. The molecule has 1 aromatic rings. The highest BCUT2D eigenvalue weighted by molar-refractivity contribution is 5.70. The number of carbonyl (C=O) groups is 1. The fraction of sp³-hybridized carbons (Fsp3) is 0.588. The van der Waals surface area contributed by atoms with E-state index in [4.69, 9.17) is 9.47 Å². The van der Waals surface area contributed by atoms with Gasteiger partial charge in [0.1, 0.15) is 18.1 Å². The Balaban J connectivity index is 2.98. The molecule has 5 nitrogen and oxygen atoms in total. The lowest BCUT2D eigenvalue weighted by Crippen LogP contribution is -2.25. The number of ether oxygens (including phenoxy) is 2. The van der Waals surface area contributed by atoms with Gasteiger partial charge in [-0.05, 0) is 37.2 Å². The second kappa shape index (κ2) is 7.49. The first-order valence-corrected chi connectivity index (χ1v) is 7.42. The van der Waals surface area contributed by atoms with Gasteiger partial charge in [-0.25, -0.2) is 4.79 Å². The lowest BCUT2D eigenvalue weighted by molar-refractivity contribution is 0.171. The topological polar surface area (TPSA) is 42.0 Å². The zero-order chi connectivity index (χ0) is 16.9. The summed E-state index contributed by atoms with van der Waals surface area (Å²) in [6.45, 7) is 7.75. The van der Waals surface area contributed by atoms with Crippen LogP contribution in [0, 0.1) is 0 Å². The Morgan fingerprint density at radius 2 is 1.64 bits per heavy atom. The van der Waals surface area contributed by atoms with Crippen molar-refractivity contribution in [2.24, 2.45) is 0 Å². The molecule has 0 N–H and O–H groups in total. The largest absolute Gasteiger partial charge is 0.492 e. The van der Waals surface area contributed by atoms with Crippen LogP contribution in [0.15, 0.2) is 18.2 Å². The molecule has 0 bridgehead atoms. The Kier molecular flexibility index (Phi) is 6.23. The number of rotatable bonds is 5. The molecule has 0 fully saturated rings. The van der Waals surface area contributed by atoms with Crippen LogP contribution in [0.25, 0.3) is 0 Å². The molecule has 0 saturated carbocycles. The first-order chi connectivity index (χ1) is 10.1. The second-order valence-electron chi connectivity index (χ2n) is 6.86. The molecule has 0 unspecified atom stereocenters. The fourth-order valence-corrected chi connectivity index (χ4v) is 1.69. The highest BCUT2D eigenvalue weighted by atomic mass is 16.6. The fourth-order valence-electron chi connectivity index (χ4n) is 1.69. The van der Waals surface area contributed by atoms with E-state index in [9.17, 15) is 4.79 Å². The van der Waals surface area contributed by atoms with E-state index in [1.807, 2.05) is 26.2 Å². The van der Waals surface area contributed by atoms with Crippen LogP contribution in [0.3, 0.4) is 0 Å². The third kappa shape index (κ3) is 5.93. The molecule has 5 heteroatoms. The van der Waals surface area contributed by atoms with Crippen molar-refractivity contribution in [2.45, 2.75) is 26.2 Å². The van der Waals surface area contributed by atoms with Crippen molar-refractivity contribution in [3.63, 3.8) is 0 Å². The predicted octanol–water partition coefficient (Wildman–Crippen LogP) is 2.98. The smallest absolute Gasteiger partial charge is 0.414 e. The lowest BCUT2D eigenvalue weighted by atomic mass is 9.87. The molecule has 0 radical (unpaired) electrons. The van der Waals surface area contributed by atoms with E-state index >= 15 is 0 Å². The Hall–Kier alpha value is -1.75. The molecule has 0 aliphatic heterocycles. The van der Waals surface area contributed by atoms with Gasteiger partial charge in [-0.1, -0.05) is 20.8 Å². The van der Waals surface area contributed by atoms with Gasteiger partial charge in [-0.15, -0.1) is 0 Å². The van der Waals surface area contributed by atoms with E-state index in [0.717, 1.165) is 17.9 Å². The molecule has 0 aliphatic rings. The van der Waals surface area contributed by atoms with Gasteiger partial charge in [0, 0.05) is 26.7 Å². The van der Waals surface area contributed by atoms with Crippen LogP contribution in [0.1, 0.15) is 26.3 Å². The molecule has 0 heterocycles. The van der Waals surface area contributed by atoms with Gasteiger partial charge in [-0.3, -0.25) is 0 Å². The van der Waals surface area contributed by atoms with Crippen molar-refractivity contribution < 1.29 is 14.3 Å². The van der Waals surface area contributed by atoms with E-state index in [1.165, 1.54) is 4.90 Å². The SMILES string of the molecule is CN(C)CCOc1cc(OC(=O)N(C)C)cc(C(C)(C)C)c1. The minimum atomic E-state index is -0.398. The molecule has 0 aromatic heterocycles. The third-order valence-electron chi connectivity index (χ3n) is 3.12. The number of hydrogen-bond donors (Lipinski definition) is 0. The summed E-state index contributed by atoms with van der Waals surface area (Å²) in [5.41, 5.74) is 1.01. The van der Waals surface area contributed by atoms with E-state index < -0.39 is 6.09 Å². The van der Waals surface area contributed by atoms with Gasteiger partial charge in [0.2, 0.25) is 0 Å². The second-order valence-corrected chi connectivity index (χ2v) is 6.86. The molecule has 22 heavy (non-hydrogen) atoms. The number of nitrogens with zero attached hydrogens (tertiary/aromatic N) is 2. The van der Waals surface area contributed by atoms with Crippen molar-refractivity contribution in [2.75, 3.05) is 41.3 Å². The molecular formula is C17H28N2O3. The van der Waals surface area contributed by atoms with Crippen molar-refractivity contribution in [1.29, 1.82) is 0 Å². The van der Waals surface area contributed by atoms with Crippen LogP contribution < -0.4 is 9.47 Å². The third-order valence-corrected chi connectivity index (χ3v) is 3.12. The predicted molar refractivity (Wildman–Crippen MR) is 88.9 cm³/mol. The zero-order valence-corrected chi connectivity index (χ0v) is 14.8. The maximum Gasteiger partial charge on any atom is 0.414 e. The van der Waals surface area contributed by atoms with E-state index in [0.29, 0.717) is 12.4 Å². The molecule has 0 saturated heterocycles.